The lowest BCUT2D eigenvalue weighted by atomic mass is 10.1. The average Bonchev–Trinajstić information content (AvgIpc) is 2.91. The van der Waals surface area contributed by atoms with Crippen molar-refractivity contribution in [3.63, 3.8) is 0 Å². The van der Waals surface area contributed by atoms with Crippen LogP contribution < -0.4 is 5.32 Å². The molecule has 0 unspecified atom stereocenters. The number of rotatable bonds is 3. The number of carbonyl (C=O) groups is 1. The van der Waals surface area contributed by atoms with E-state index in [1.807, 2.05) is 24.3 Å². The molecule has 0 spiro atoms. The van der Waals surface area contributed by atoms with E-state index in [-0.39, 0.29) is 16.7 Å². The number of sulfone groups is 1. The van der Waals surface area contributed by atoms with Gasteiger partial charge in [-0.1, -0.05) is 24.3 Å². The standard InChI is InChI=1S/C16H16N2O3S/c1-22(20,21)14-6-7-15(17-10-14)18-16(19)13-8-11-4-2-3-5-12(11)9-13/h2-7,10,13H,8-9H2,1H3,(H,17,18,19). The molecule has 1 aliphatic carbocycles. The highest BCUT2D eigenvalue weighted by molar-refractivity contribution is 7.90. The molecule has 1 aromatic carbocycles. The Balaban J connectivity index is 1.68. The summed E-state index contributed by atoms with van der Waals surface area (Å²) in [5.74, 6) is 0.179. The summed E-state index contributed by atoms with van der Waals surface area (Å²) in [5, 5.41) is 2.75. The van der Waals surface area contributed by atoms with Gasteiger partial charge in [0.1, 0.15) is 5.82 Å². The minimum atomic E-state index is -3.28. The van der Waals surface area contributed by atoms with Crippen LogP contribution >= 0.6 is 0 Å². The summed E-state index contributed by atoms with van der Waals surface area (Å²) in [4.78, 5) is 16.4. The molecule has 6 heteroatoms. The minimum Gasteiger partial charge on any atom is -0.310 e. The summed E-state index contributed by atoms with van der Waals surface area (Å²) >= 11 is 0. The van der Waals surface area contributed by atoms with Gasteiger partial charge in [0, 0.05) is 18.4 Å². The predicted octanol–water partition coefficient (Wildman–Crippen LogP) is 1.84. The van der Waals surface area contributed by atoms with Crippen molar-refractivity contribution in [1.82, 2.24) is 4.98 Å². The van der Waals surface area contributed by atoms with Gasteiger partial charge >= 0.3 is 0 Å². The minimum absolute atomic E-state index is 0.0872. The van der Waals surface area contributed by atoms with Crippen LogP contribution in [0, 0.1) is 5.92 Å². The van der Waals surface area contributed by atoms with Gasteiger partial charge in [0.15, 0.2) is 9.84 Å². The van der Waals surface area contributed by atoms with E-state index in [1.165, 1.54) is 29.5 Å². The van der Waals surface area contributed by atoms with Crippen molar-refractivity contribution < 1.29 is 13.2 Å². The first kappa shape index (κ1) is 14.7. The first-order valence-electron chi connectivity index (χ1n) is 6.97. The number of hydrogen-bond donors (Lipinski definition) is 1. The quantitative estimate of drug-likeness (QED) is 0.937. The Kier molecular flexibility index (Phi) is 3.70. The molecule has 1 heterocycles. The van der Waals surface area contributed by atoms with Gasteiger partial charge in [-0.2, -0.15) is 0 Å². The fraction of sp³-hybridized carbons (Fsp3) is 0.250. The highest BCUT2D eigenvalue weighted by Gasteiger charge is 2.27. The summed E-state index contributed by atoms with van der Waals surface area (Å²) in [7, 11) is -3.28. The maximum atomic E-state index is 12.3. The number of nitrogens with one attached hydrogen (secondary N) is 1. The molecular weight excluding hydrogens is 300 g/mol. The molecule has 22 heavy (non-hydrogen) atoms. The monoisotopic (exact) mass is 316 g/mol. The third kappa shape index (κ3) is 3.01. The van der Waals surface area contributed by atoms with Crippen LogP contribution in [0.3, 0.4) is 0 Å². The number of aromatic nitrogens is 1. The van der Waals surface area contributed by atoms with Gasteiger partial charge in [0.25, 0.3) is 0 Å². The van der Waals surface area contributed by atoms with E-state index in [9.17, 15) is 13.2 Å². The van der Waals surface area contributed by atoms with Gasteiger partial charge in [-0.3, -0.25) is 4.79 Å². The van der Waals surface area contributed by atoms with Crippen molar-refractivity contribution in [2.24, 2.45) is 5.92 Å². The lowest BCUT2D eigenvalue weighted by molar-refractivity contribution is -0.119. The van der Waals surface area contributed by atoms with E-state index in [1.54, 1.807) is 0 Å². The predicted molar refractivity (Wildman–Crippen MR) is 83.3 cm³/mol. The number of pyridine rings is 1. The van der Waals surface area contributed by atoms with Gasteiger partial charge in [0.05, 0.1) is 4.90 Å². The van der Waals surface area contributed by atoms with E-state index < -0.39 is 9.84 Å². The SMILES string of the molecule is CS(=O)(=O)c1ccc(NC(=O)C2Cc3ccccc3C2)nc1. The highest BCUT2D eigenvalue weighted by atomic mass is 32.2. The number of benzene rings is 1. The first-order valence-corrected chi connectivity index (χ1v) is 8.86. The summed E-state index contributed by atoms with van der Waals surface area (Å²) in [6.07, 6.45) is 3.83. The second kappa shape index (κ2) is 5.53. The van der Waals surface area contributed by atoms with Crippen LogP contribution in [-0.4, -0.2) is 25.6 Å². The van der Waals surface area contributed by atoms with Crippen LogP contribution in [0.25, 0.3) is 0 Å². The van der Waals surface area contributed by atoms with Crippen molar-refractivity contribution in [2.75, 3.05) is 11.6 Å². The largest absolute Gasteiger partial charge is 0.310 e. The molecule has 0 fully saturated rings. The molecule has 5 nitrogen and oxygen atoms in total. The number of fused-ring (bicyclic) bond motifs is 1. The van der Waals surface area contributed by atoms with Crippen molar-refractivity contribution in [1.29, 1.82) is 0 Å². The van der Waals surface area contributed by atoms with Crippen LogP contribution in [0.2, 0.25) is 0 Å². The maximum absolute atomic E-state index is 12.3. The molecule has 1 amide bonds. The Hall–Kier alpha value is -2.21. The Bertz CT molecular complexity index is 789. The van der Waals surface area contributed by atoms with E-state index in [0.717, 1.165) is 19.1 Å². The summed E-state index contributed by atoms with van der Waals surface area (Å²) < 4.78 is 22.7. The number of amides is 1. The van der Waals surface area contributed by atoms with Crippen molar-refractivity contribution in [3.05, 3.63) is 53.7 Å². The molecule has 0 bridgehead atoms. The van der Waals surface area contributed by atoms with Crippen LogP contribution in [-0.2, 0) is 27.5 Å². The molecule has 0 radical (unpaired) electrons. The molecule has 1 N–H and O–H groups in total. The Morgan fingerprint density at radius 3 is 2.27 bits per heavy atom. The van der Waals surface area contributed by atoms with Gasteiger partial charge < -0.3 is 5.32 Å². The van der Waals surface area contributed by atoms with Crippen LogP contribution in [0.1, 0.15) is 11.1 Å². The van der Waals surface area contributed by atoms with Gasteiger partial charge in [-0.05, 0) is 36.1 Å². The second-order valence-corrected chi connectivity index (χ2v) is 7.53. The molecule has 0 saturated heterocycles. The fourth-order valence-corrected chi connectivity index (χ4v) is 3.21. The average molecular weight is 316 g/mol. The van der Waals surface area contributed by atoms with E-state index in [2.05, 4.69) is 10.3 Å². The van der Waals surface area contributed by atoms with Crippen molar-refractivity contribution in [2.45, 2.75) is 17.7 Å². The smallest absolute Gasteiger partial charge is 0.229 e. The van der Waals surface area contributed by atoms with Crippen LogP contribution in [0.15, 0.2) is 47.5 Å². The third-order valence-electron chi connectivity index (χ3n) is 3.84. The maximum Gasteiger partial charge on any atom is 0.229 e. The van der Waals surface area contributed by atoms with Gasteiger partial charge in [-0.15, -0.1) is 0 Å². The van der Waals surface area contributed by atoms with Crippen LogP contribution in [0.5, 0.6) is 0 Å². The Labute approximate surface area is 129 Å². The summed E-state index contributed by atoms with van der Waals surface area (Å²) in [6, 6.07) is 11.0. The second-order valence-electron chi connectivity index (χ2n) is 5.51. The zero-order valence-electron chi connectivity index (χ0n) is 12.1. The van der Waals surface area contributed by atoms with E-state index in [4.69, 9.17) is 0 Å². The zero-order chi connectivity index (χ0) is 15.7. The number of nitrogens with zero attached hydrogens (tertiary/aromatic N) is 1. The van der Waals surface area contributed by atoms with E-state index in [0.29, 0.717) is 5.82 Å². The fourth-order valence-electron chi connectivity index (χ4n) is 2.65. The van der Waals surface area contributed by atoms with Gasteiger partial charge in [-0.25, -0.2) is 13.4 Å². The number of hydrogen-bond acceptors (Lipinski definition) is 4. The molecule has 1 aliphatic rings. The van der Waals surface area contributed by atoms with Crippen LogP contribution in [0.4, 0.5) is 5.82 Å². The molecule has 0 saturated carbocycles. The highest BCUT2D eigenvalue weighted by Crippen LogP contribution is 2.27. The zero-order valence-corrected chi connectivity index (χ0v) is 12.9. The molecule has 2 aromatic rings. The van der Waals surface area contributed by atoms with Crippen molar-refractivity contribution in [3.8, 4) is 0 Å². The topological polar surface area (TPSA) is 76.1 Å². The third-order valence-corrected chi connectivity index (χ3v) is 4.94. The Morgan fingerprint density at radius 1 is 1.14 bits per heavy atom. The Morgan fingerprint density at radius 2 is 1.77 bits per heavy atom. The number of anilines is 1. The first-order chi connectivity index (χ1) is 10.4. The summed E-state index contributed by atoms with van der Waals surface area (Å²) in [5.41, 5.74) is 2.42. The van der Waals surface area contributed by atoms with E-state index >= 15 is 0 Å². The normalized spacial score (nSPS) is 14.6. The molecule has 0 aliphatic heterocycles. The lowest BCUT2D eigenvalue weighted by Gasteiger charge is -2.10. The molecule has 1 aromatic heterocycles. The number of carbonyl (C=O) groups excluding carboxylic acids is 1. The summed E-state index contributed by atoms with van der Waals surface area (Å²) in [6.45, 7) is 0. The molecule has 3 rings (SSSR count). The van der Waals surface area contributed by atoms with Crippen molar-refractivity contribution >= 4 is 21.6 Å². The molecular formula is C16H16N2O3S. The molecule has 0 atom stereocenters. The molecule has 114 valence electrons. The van der Waals surface area contributed by atoms with Gasteiger partial charge in [0.2, 0.25) is 5.91 Å². The lowest BCUT2D eigenvalue weighted by Crippen LogP contribution is -2.23.